The summed E-state index contributed by atoms with van der Waals surface area (Å²) in [7, 11) is 0. The Balaban J connectivity index is 1.08. The molecule has 0 heterocycles. The van der Waals surface area contributed by atoms with Crippen molar-refractivity contribution in [3.63, 3.8) is 0 Å². The van der Waals surface area contributed by atoms with Crippen molar-refractivity contribution < 1.29 is 0 Å². The molecule has 0 heteroatoms. The van der Waals surface area contributed by atoms with Gasteiger partial charge < -0.3 is 0 Å². The smallest absolute Gasteiger partial charge is 0.00199 e. The van der Waals surface area contributed by atoms with Crippen LogP contribution in [0, 0.1) is 0 Å². The third kappa shape index (κ3) is 4.55. The Bertz CT molecular complexity index is 3040. The largest absolute Gasteiger partial charge is 0.0616 e. The first-order valence-corrected chi connectivity index (χ1v) is 18.1. The lowest BCUT2D eigenvalue weighted by atomic mass is 9.88. The Morgan fingerprint density at radius 1 is 0.192 bits per heavy atom. The molecule has 0 saturated heterocycles. The van der Waals surface area contributed by atoms with Crippen molar-refractivity contribution in [2.24, 2.45) is 0 Å². The molecule has 10 aromatic carbocycles. The highest BCUT2D eigenvalue weighted by Gasteiger charge is 2.25. The fraction of sp³-hybridized carbons (Fsp3) is 0. The molecule has 11 rings (SSSR count). The maximum atomic E-state index is 2.45. The summed E-state index contributed by atoms with van der Waals surface area (Å²) < 4.78 is 0. The van der Waals surface area contributed by atoms with Gasteiger partial charge in [-0.3, -0.25) is 0 Å². The van der Waals surface area contributed by atoms with Crippen molar-refractivity contribution in [3.05, 3.63) is 194 Å². The van der Waals surface area contributed by atoms with Gasteiger partial charge in [-0.2, -0.15) is 0 Å². The summed E-state index contributed by atoms with van der Waals surface area (Å²) in [5, 5.41) is 10.3. The molecule has 52 heavy (non-hydrogen) atoms. The number of benzene rings is 10. The molecule has 0 unspecified atom stereocenters. The Kier molecular flexibility index (Phi) is 6.35. The number of rotatable bonds is 4. The van der Waals surface area contributed by atoms with E-state index in [1.54, 1.807) is 0 Å². The van der Waals surface area contributed by atoms with Crippen LogP contribution in [0.4, 0.5) is 0 Å². The van der Waals surface area contributed by atoms with Crippen LogP contribution in [0.3, 0.4) is 0 Å². The molecule has 1 aliphatic carbocycles. The average molecular weight is 657 g/mol. The molecule has 0 fully saturated rings. The van der Waals surface area contributed by atoms with Crippen LogP contribution >= 0.6 is 0 Å². The molecule has 0 saturated carbocycles. The van der Waals surface area contributed by atoms with Crippen LogP contribution in [0.5, 0.6) is 0 Å². The summed E-state index contributed by atoms with van der Waals surface area (Å²) in [6.07, 6.45) is 0. The van der Waals surface area contributed by atoms with Gasteiger partial charge in [0.2, 0.25) is 0 Å². The zero-order chi connectivity index (χ0) is 34.2. The summed E-state index contributed by atoms with van der Waals surface area (Å²) in [5.41, 5.74) is 15.1. The zero-order valence-corrected chi connectivity index (χ0v) is 28.5. The first-order chi connectivity index (χ1) is 25.7. The monoisotopic (exact) mass is 656 g/mol. The van der Waals surface area contributed by atoms with Crippen LogP contribution < -0.4 is 0 Å². The second-order valence-corrected chi connectivity index (χ2v) is 14.1. The Morgan fingerprint density at radius 3 is 1.21 bits per heavy atom. The number of hydrogen-bond donors (Lipinski definition) is 0. The van der Waals surface area contributed by atoms with Gasteiger partial charge in [0.15, 0.2) is 0 Å². The minimum Gasteiger partial charge on any atom is -0.0616 e. The minimum absolute atomic E-state index is 1.22. The lowest BCUT2D eigenvalue weighted by Crippen LogP contribution is -1.90. The Morgan fingerprint density at radius 2 is 0.635 bits per heavy atom. The van der Waals surface area contributed by atoms with Gasteiger partial charge in [0, 0.05) is 0 Å². The van der Waals surface area contributed by atoms with Crippen molar-refractivity contribution in [1.29, 1.82) is 0 Å². The van der Waals surface area contributed by atoms with Gasteiger partial charge in [0.1, 0.15) is 0 Å². The third-order valence-corrected chi connectivity index (χ3v) is 11.2. The van der Waals surface area contributed by atoms with Gasteiger partial charge >= 0.3 is 0 Å². The SMILES string of the molecule is c1ccc2cc(-c3ccc(-c4cc5c(cc4-c4ccc(-c6ccc7ccccc7c6)cc4)-c4cc6ccccc6c6cccc-5c46)cc3)ccc2c1. The second-order valence-electron chi connectivity index (χ2n) is 14.1. The summed E-state index contributed by atoms with van der Waals surface area (Å²) in [5.74, 6) is 0. The van der Waals surface area contributed by atoms with Crippen molar-refractivity contribution in [2.75, 3.05) is 0 Å². The van der Waals surface area contributed by atoms with E-state index >= 15 is 0 Å². The molecule has 0 radical (unpaired) electrons. The van der Waals surface area contributed by atoms with Gasteiger partial charge in [-0.05, 0) is 140 Å². The van der Waals surface area contributed by atoms with Crippen LogP contribution in [-0.4, -0.2) is 0 Å². The molecule has 240 valence electrons. The lowest BCUT2D eigenvalue weighted by molar-refractivity contribution is 1.57. The fourth-order valence-corrected chi connectivity index (χ4v) is 8.54. The molecule has 10 aromatic rings. The van der Waals surface area contributed by atoms with Crippen LogP contribution in [0.15, 0.2) is 194 Å². The number of fused-ring (bicyclic) bond motifs is 7. The molecule has 0 atom stereocenters. The molecule has 0 N–H and O–H groups in total. The summed E-state index contributed by atoms with van der Waals surface area (Å²) in [6.45, 7) is 0. The van der Waals surface area contributed by atoms with E-state index in [1.807, 2.05) is 0 Å². The quantitative estimate of drug-likeness (QED) is 0.165. The van der Waals surface area contributed by atoms with E-state index < -0.39 is 0 Å². The highest BCUT2D eigenvalue weighted by Crippen LogP contribution is 2.52. The predicted molar refractivity (Wildman–Crippen MR) is 223 cm³/mol. The molecule has 1 aliphatic rings. The molecule has 0 nitrogen and oxygen atoms in total. The van der Waals surface area contributed by atoms with Crippen LogP contribution in [0.1, 0.15) is 0 Å². The molecular weight excluding hydrogens is 625 g/mol. The highest BCUT2D eigenvalue weighted by molar-refractivity contribution is 6.24. The van der Waals surface area contributed by atoms with E-state index in [4.69, 9.17) is 0 Å². The maximum Gasteiger partial charge on any atom is -0.00199 e. The van der Waals surface area contributed by atoms with E-state index in [0.29, 0.717) is 0 Å². The third-order valence-electron chi connectivity index (χ3n) is 11.2. The van der Waals surface area contributed by atoms with Crippen LogP contribution in [0.2, 0.25) is 0 Å². The van der Waals surface area contributed by atoms with E-state index in [9.17, 15) is 0 Å². The van der Waals surface area contributed by atoms with Gasteiger partial charge in [-0.25, -0.2) is 0 Å². The van der Waals surface area contributed by atoms with Gasteiger partial charge in [-0.1, -0.05) is 164 Å². The normalized spacial score (nSPS) is 11.8. The zero-order valence-electron chi connectivity index (χ0n) is 28.5. The Labute approximate surface area is 302 Å². The summed E-state index contributed by atoms with van der Waals surface area (Å²) in [6, 6.07) is 71.9. The number of hydrogen-bond acceptors (Lipinski definition) is 0. The highest BCUT2D eigenvalue weighted by atomic mass is 14.3. The van der Waals surface area contributed by atoms with Crippen molar-refractivity contribution in [1.82, 2.24) is 0 Å². The first-order valence-electron chi connectivity index (χ1n) is 18.1. The molecule has 0 aromatic heterocycles. The van der Waals surface area contributed by atoms with Crippen LogP contribution in [-0.2, 0) is 0 Å². The van der Waals surface area contributed by atoms with Gasteiger partial charge in [0.05, 0.1) is 0 Å². The van der Waals surface area contributed by atoms with Crippen molar-refractivity contribution >= 4 is 43.1 Å². The molecule has 0 spiro atoms. The van der Waals surface area contributed by atoms with Crippen LogP contribution in [0.25, 0.3) is 110 Å². The lowest BCUT2D eigenvalue weighted by Gasteiger charge is -2.16. The van der Waals surface area contributed by atoms with E-state index in [0.717, 1.165) is 0 Å². The molecule has 0 bridgehead atoms. The second kappa shape index (κ2) is 11.4. The van der Waals surface area contributed by atoms with E-state index in [1.165, 1.54) is 110 Å². The fourth-order valence-electron chi connectivity index (χ4n) is 8.54. The first kappa shape index (κ1) is 29.0. The molecular formula is C52H32. The predicted octanol–water partition coefficient (Wildman–Crippen LogP) is 14.6. The topological polar surface area (TPSA) is 0 Å². The summed E-state index contributed by atoms with van der Waals surface area (Å²) >= 11 is 0. The van der Waals surface area contributed by atoms with Crippen molar-refractivity contribution in [3.8, 4) is 66.8 Å². The van der Waals surface area contributed by atoms with E-state index in [2.05, 4.69) is 194 Å². The van der Waals surface area contributed by atoms with Gasteiger partial charge in [0.25, 0.3) is 0 Å². The van der Waals surface area contributed by atoms with Gasteiger partial charge in [-0.15, -0.1) is 0 Å². The Hall–Kier alpha value is -6.76. The van der Waals surface area contributed by atoms with E-state index in [-0.39, 0.29) is 0 Å². The maximum absolute atomic E-state index is 2.45. The average Bonchev–Trinajstić information content (AvgIpc) is 3.53. The molecule has 0 amide bonds. The standard InChI is InChI=1S/C52H32/c1-3-10-39-28-41(26-20-33(39)8-1)35-16-22-37(23-17-35)47-31-49-46-15-7-14-45-44-13-6-5-12-43(44)30-51(52(45)46)50(49)32-48(47)38-24-18-36(19-25-38)42-27-21-34-9-2-4-11-40(34)29-42/h1-32H. The molecule has 0 aliphatic heterocycles. The van der Waals surface area contributed by atoms with Crippen molar-refractivity contribution in [2.45, 2.75) is 0 Å². The summed E-state index contributed by atoms with van der Waals surface area (Å²) in [4.78, 5) is 0. The minimum atomic E-state index is 1.22.